The number of hydrogen-bond acceptors (Lipinski definition) is 3. The molecule has 0 radical (unpaired) electrons. The molecule has 0 spiro atoms. The molecule has 3 N–H and O–H groups in total. The Morgan fingerprint density at radius 1 is 1.19 bits per heavy atom. The van der Waals surface area contributed by atoms with Crippen LogP contribution in [-0.2, 0) is 0 Å². The van der Waals surface area contributed by atoms with Crippen LogP contribution < -0.4 is 5.32 Å². The first kappa shape index (κ1) is 12.3. The van der Waals surface area contributed by atoms with Crippen molar-refractivity contribution < 1.29 is 10.2 Å². The van der Waals surface area contributed by atoms with Crippen LogP contribution in [0.4, 0.5) is 0 Å². The van der Waals surface area contributed by atoms with Crippen molar-refractivity contribution in [3.05, 3.63) is 0 Å². The van der Waals surface area contributed by atoms with E-state index < -0.39 is 0 Å². The summed E-state index contributed by atoms with van der Waals surface area (Å²) in [5, 5.41) is 22.8. The summed E-state index contributed by atoms with van der Waals surface area (Å²) < 4.78 is 0. The monoisotopic (exact) mass is 227 g/mol. The standard InChI is InChI=1S/C13H25NO2/c1-13(2)11(7-12(13)16)14-8-9-4-3-5-10(15)6-9/h9-12,14-16H,3-8H2,1-2H3. The van der Waals surface area contributed by atoms with Crippen molar-refractivity contribution in [1.29, 1.82) is 0 Å². The number of hydrogen-bond donors (Lipinski definition) is 3. The van der Waals surface area contributed by atoms with Gasteiger partial charge in [0.05, 0.1) is 12.2 Å². The third-order valence-electron chi connectivity index (χ3n) is 4.62. The van der Waals surface area contributed by atoms with E-state index in [4.69, 9.17) is 0 Å². The predicted octanol–water partition coefficient (Wildman–Crippen LogP) is 1.29. The van der Waals surface area contributed by atoms with Gasteiger partial charge in [0.2, 0.25) is 0 Å². The Balaban J connectivity index is 1.72. The number of aliphatic hydroxyl groups excluding tert-OH is 2. The van der Waals surface area contributed by atoms with Gasteiger partial charge in [-0.25, -0.2) is 0 Å². The molecule has 0 aliphatic heterocycles. The van der Waals surface area contributed by atoms with Crippen LogP contribution in [0.2, 0.25) is 0 Å². The Bertz CT molecular complexity index is 242. The molecule has 0 saturated heterocycles. The van der Waals surface area contributed by atoms with E-state index in [0.29, 0.717) is 12.0 Å². The van der Waals surface area contributed by atoms with E-state index in [1.54, 1.807) is 0 Å². The summed E-state index contributed by atoms with van der Waals surface area (Å²) in [5.74, 6) is 0.622. The topological polar surface area (TPSA) is 52.5 Å². The van der Waals surface area contributed by atoms with E-state index in [-0.39, 0.29) is 17.6 Å². The second-order valence-electron chi connectivity index (χ2n) is 6.22. The highest BCUT2D eigenvalue weighted by Gasteiger charge is 2.46. The first-order valence-corrected chi connectivity index (χ1v) is 6.59. The minimum Gasteiger partial charge on any atom is -0.393 e. The lowest BCUT2D eigenvalue weighted by Crippen LogP contribution is -2.60. The Morgan fingerprint density at radius 2 is 1.94 bits per heavy atom. The zero-order valence-corrected chi connectivity index (χ0v) is 10.4. The molecule has 2 aliphatic carbocycles. The summed E-state index contributed by atoms with van der Waals surface area (Å²) in [6.07, 6.45) is 4.96. The molecule has 2 aliphatic rings. The van der Waals surface area contributed by atoms with Crippen molar-refractivity contribution in [2.45, 2.75) is 64.2 Å². The lowest BCUT2D eigenvalue weighted by Gasteiger charge is -2.50. The van der Waals surface area contributed by atoms with Crippen LogP contribution in [-0.4, -0.2) is 35.0 Å². The minimum atomic E-state index is -0.151. The van der Waals surface area contributed by atoms with Gasteiger partial charge in [0.1, 0.15) is 0 Å². The van der Waals surface area contributed by atoms with Gasteiger partial charge in [0, 0.05) is 11.5 Å². The van der Waals surface area contributed by atoms with Gasteiger partial charge < -0.3 is 15.5 Å². The van der Waals surface area contributed by atoms with E-state index in [9.17, 15) is 10.2 Å². The highest BCUT2D eigenvalue weighted by Crippen LogP contribution is 2.40. The highest BCUT2D eigenvalue weighted by atomic mass is 16.3. The fraction of sp³-hybridized carbons (Fsp3) is 1.00. The van der Waals surface area contributed by atoms with E-state index in [0.717, 1.165) is 32.2 Å². The van der Waals surface area contributed by atoms with Gasteiger partial charge in [-0.05, 0) is 38.1 Å². The van der Waals surface area contributed by atoms with E-state index in [1.807, 2.05) is 0 Å². The van der Waals surface area contributed by atoms with Gasteiger partial charge in [0.25, 0.3) is 0 Å². The van der Waals surface area contributed by atoms with Crippen LogP contribution in [0, 0.1) is 11.3 Å². The van der Waals surface area contributed by atoms with Gasteiger partial charge in [-0.1, -0.05) is 20.3 Å². The van der Waals surface area contributed by atoms with E-state index in [2.05, 4.69) is 19.2 Å². The molecule has 3 heteroatoms. The maximum Gasteiger partial charge on any atom is 0.0621 e. The smallest absolute Gasteiger partial charge is 0.0621 e. The van der Waals surface area contributed by atoms with Gasteiger partial charge in [-0.15, -0.1) is 0 Å². The van der Waals surface area contributed by atoms with Crippen LogP contribution in [0.3, 0.4) is 0 Å². The van der Waals surface area contributed by atoms with Gasteiger partial charge >= 0.3 is 0 Å². The SMILES string of the molecule is CC1(C)C(O)CC1NCC1CCCC(O)C1. The Kier molecular flexibility index (Phi) is 3.57. The fourth-order valence-electron chi connectivity index (χ4n) is 3.01. The molecule has 2 saturated carbocycles. The van der Waals surface area contributed by atoms with E-state index in [1.165, 1.54) is 6.42 Å². The third-order valence-corrected chi connectivity index (χ3v) is 4.62. The van der Waals surface area contributed by atoms with Crippen molar-refractivity contribution in [2.24, 2.45) is 11.3 Å². The summed E-state index contributed by atoms with van der Waals surface area (Å²) >= 11 is 0. The molecular weight excluding hydrogens is 202 g/mol. The van der Waals surface area contributed by atoms with Crippen molar-refractivity contribution in [3.8, 4) is 0 Å². The maximum atomic E-state index is 9.65. The van der Waals surface area contributed by atoms with Crippen LogP contribution in [0.5, 0.6) is 0 Å². The largest absolute Gasteiger partial charge is 0.393 e. The molecule has 3 nitrogen and oxygen atoms in total. The normalized spacial score (nSPS) is 42.8. The second kappa shape index (κ2) is 4.63. The predicted molar refractivity (Wildman–Crippen MR) is 64.2 cm³/mol. The summed E-state index contributed by atoms with van der Waals surface area (Å²) in [4.78, 5) is 0. The molecule has 4 atom stereocenters. The van der Waals surface area contributed by atoms with Crippen molar-refractivity contribution >= 4 is 0 Å². The lowest BCUT2D eigenvalue weighted by molar-refractivity contribution is -0.0741. The van der Waals surface area contributed by atoms with Gasteiger partial charge in [0.15, 0.2) is 0 Å². The number of nitrogens with one attached hydrogen (secondary N) is 1. The van der Waals surface area contributed by atoms with Crippen LogP contribution in [0.15, 0.2) is 0 Å². The average Bonchev–Trinajstić information content (AvgIpc) is 2.24. The molecule has 4 unspecified atom stereocenters. The fourth-order valence-corrected chi connectivity index (χ4v) is 3.01. The molecule has 0 aromatic carbocycles. The molecule has 2 rings (SSSR count). The zero-order valence-electron chi connectivity index (χ0n) is 10.4. The van der Waals surface area contributed by atoms with Crippen molar-refractivity contribution in [3.63, 3.8) is 0 Å². The van der Waals surface area contributed by atoms with Crippen molar-refractivity contribution in [1.82, 2.24) is 5.32 Å². The number of rotatable bonds is 3. The molecule has 0 aromatic heterocycles. The molecule has 0 heterocycles. The van der Waals surface area contributed by atoms with Gasteiger partial charge in [-0.2, -0.15) is 0 Å². The molecule has 0 aromatic rings. The highest BCUT2D eigenvalue weighted by molar-refractivity contribution is 5.01. The third kappa shape index (κ3) is 2.41. The first-order valence-electron chi connectivity index (χ1n) is 6.59. The Labute approximate surface area is 98.2 Å². The summed E-state index contributed by atoms with van der Waals surface area (Å²) in [5.41, 5.74) is 0.0211. The van der Waals surface area contributed by atoms with Crippen molar-refractivity contribution in [2.75, 3.05) is 6.54 Å². The molecule has 94 valence electrons. The van der Waals surface area contributed by atoms with Crippen LogP contribution >= 0.6 is 0 Å². The molecular formula is C13H25NO2. The minimum absolute atomic E-state index is 0.0211. The second-order valence-corrected chi connectivity index (χ2v) is 6.22. The molecule has 0 amide bonds. The quantitative estimate of drug-likeness (QED) is 0.681. The number of aliphatic hydroxyl groups is 2. The average molecular weight is 227 g/mol. The molecule has 0 bridgehead atoms. The zero-order chi connectivity index (χ0) is 11.8. The van der Waals surface area contributed by atoms with Crippen LogP contribution in [0.1, 0.15) is 46.0 Å². The molecule has 16 heavy (non-hydrogen) atoms. The van der Waals surface area contributed by atoms with Gasteiger partial charge in [-0.3, -0.25) is 0 Å². The maximum absolute atomic E-state index is 9.65. The Morgan fingerprint density at radius 3 is 2.50 bits per heavy atom. The molecule has 2 fully saturated rings. The van der Waals surface area contributed by atoms with Crippen LogP contribution in [0.25, 0.3) is 0 Å². The Hall–Kier alpha value is -0.120. The first-order chi connectivity index (χ1) is 7.50. The lowest BCUT2D eigenvalue weighted by atomic mass is 9.64. The summed E-state index contributed by atoms with van der Waals surface area (Å²) in [7, 11) is 0. The van der Waals surface area contributed by atoms with E-state index >= 15 is 0 Å². The summed E-state index contributed by atoms with van der Waals surface area (Å²) in [6, 6.07) is 0.446. The summed E-state index contributed by atoms with van der Waals surface area (Å²) in [6.45, 7) is 5.24.